The lowest BCUT2D eigenvalue weighted by atomic mass is 9.74. The molecule has 0 fully saturated rings. The number of para-hydroxylation sites is 2. The van der Waals surface area contributed by atoms with E-state index in [2.05, 4.69) is 19.2 Å². The summed E-state index contributed by atoms with van der Waals surface area (Å²) in [5.74, 6) is 0.0422. The summed E-state index contributed by atoms with van der Waals surface area (Å²) in [5.41, 5.74) is 4.00. The van der Waals surface area contributed by atoms with Crippen molar-refractivity contribution in [1.29, 1.82) is 0 Å². The highest BCUT2D eigenvalue weighted by Crippen LogP contribution is 2.49. The molecule has 0 unspecified atom stereocenters. The molecule has 2 aromatic carbocycles. The van der Waals surface area contributed by atoms with Gasteiger partial charge in [0.25, 0.3) is 0 Å². The fourth-order valence-electron chi connectivity index (χ4n) is 4.84. The van der Waals surface area contributed by atoms with Gasteiger partial charge in [-0.1, -0.05) is 55.8 Å². The third kappa shape index (κ3) is 4.23. The Morgan fingerprint density at radius 2 is 1.85 bits per heavy atom. The number of allylic oxidation sites excluding steroid dienone is 1. The van der Waals surface area contributed by atoms with Crippen molar-refractivity contribution in [3.63, 3.8) is 0 Å². The van der Waals surface area contributed by atoms with Gasteiger partial charge >= 0.3 is 0 Å². The summed E-state index contributed by atoms with van der Waals surface area (Å²) >= 11 is 7.62. The Morgan fingerprint density at radius 1 is 1.09 bits per heavy atom. The molecule has 5 rings (SSSR count). The van der Waals surface area contributed by atoms with Crippen molar-refractivity contribution in [3.05, 3.63) is 92.8 Å². The SMILES string of the molecule is CC1(C)CC(=O)C2=C(C1)Nc1ccccc1N(C(=O)Cc1ccc(Cl)cc1)[C@@H]2c1cccs1. The number of anilines is 2. The first-order chi connectivity index (χ1) is 15.8. The number of ketones is 1. The molecule has 0 radical (unpaired) electrons. The van der Waals surface area contributed by atoms with E-state index in [-0.39, 0.29) is 23.5 Å². The molecule has 1 aliphatic heterocycles. The number of thiophene rings is 1. The molecule has 1 amide bonds. The largest absolute Gasteiger partial charge is 0.357 e. The maximum Gasteiger partial charge on any atom is 0.232 e. The average Bonchev–Trinajstić information content (AvgIpc) is 3.24. The second-order valence-electron chi connectivity index (χ2n) is 9.46. The number of nitrogens with zero attached hydrogens (tertiary/aromatic N) is 1. The van der Waals surface area contributed by atoms with Gasteiger partial charge in [0.1, 0.15) is 6.04 Å². The summed E-state index contributed by atoms with van der Waals surface area (Å²) in [6.45, 7) is 4.24. The molecule has 0 spiro atoms. The van der Waals surface area contributed by atoms with E-state index in [1.165, 1.54) is 0 Å². The van der Waals surface area contributed by atoms with Crippen molar-refractivity contribution in [2.75, 3.05) is 10.2 Å². The standard InChI is InChI=1S/C27H25ClN2O2S/c1-27(2)15-20-25(22(31)16-27)26(23-8-5-13-33-23)30(21-7-4-3-6-19(21)29-20)24(32)14-17-9-11-18(28)12-10-17/h3-13,26,29H,14-16H2,1-2H3/t26-/m1/s1. The predicted octanol–water partition coefficient (Wildman–Crippen LogP) is 6.79. The van der Waals surface area contributed by atoms with Crippen LogP contribution in [-0.4, -0.2) is 11.7 Å². The molecule has 2 heterocycles. The number of nitrogens with one attached hydrogen (secondary N) is 1. The van der Waals surface area contributed by atoms with Gasteiger partial charge in [-0.3, -0.25) is 14.5 Å². The van der Waals surface area contributed by atoms with Crippen LogP contribution in [0.4, 0.5) is 11.4 Å². The van der Waals surface area contributed by atoms with E-state index < -0.39 is 6.04 Å². The lowest BCUT2D eigenvalue weighted by Crippen LogP contribution is -2.40. The zero-order chi connectivity index (χ0) is 23.2. The first kappa shape index (κ1) is 21.9. The molecule has 33 heavy (non-hydrogen) atoms. The van der Waals surface area contributed by atoms with E-state index in [0.29, 0.717) is 17.0 Å². The predicted molar refractivity (Wildman–Crippen MR) is 135 cm³/mol. The molecule has 0 bridgehead atoms. The van der Waals surface area contributed by atoms with E-state index >= 15 is 0 Å². The third-order valence-corrected chi connectivity index (χ3v) is 7.43. The van der Waals surface area contributed by atoms with Crippen LogP contribution in [-0.2, 0) is 16.0 Å². The Morgan fingerprint density at radius 3 is 2.58 bits per heavy atom. The van der Waals surface area contributed by atoms with Crippen LogP contribution in [0.5, 0.6) is 0 Å². The molecule has 6 heteroatoms. The van der Waals surface area contributed by atoms with Gasteiger partial charge in [-0.25, -0.2) is 0 Å². The van der Waals surface area contributed by atoms with E-state index in [4.69, 9.17) is 11.6 Å². The van der Waals surface area contributed by atoms with Crippen LogP contribution in [0.25, 0.3) is 0 Å². The van der Waals surface area contributed by atoms with E-state index in [1.807, 2.05) is 58.8 Å². The number of benzene rings is 2. The molecule has 1 aliphatic carbocycles. The van der Waals surface area contributed by atoms with Gasteiger partial charge in [0.2, 0.25) is 5.91 Å². The first-order valence-electron chi connectivity index (χ1n) is 11.0. The van der Waals surface area contributed by atoms with Gasteiger partial charge in [-0.05, 0) is 53.1 Å². The van der Waals surface area contributed by atoms with Crippen LogP contribution in [0.1, 0.15) is 43.2 Å². The number of amides is 1. The monoisotopic (exact) mass is 476 g/mol. The van der Waals surface area contributed by atoms with Gasteiger partial charge in [0.15, 0.2) is 5.78 Å². The number of halogens is 1. The van der Waals surface area contributed by atoms with Crippen LogP contribution >= 0.6 is 22.9 Å². The molecule has 0 saturated heterocycles. The number of Topliss-reactive ketones (excluding diaryl/α,β-unsaturated/α-hetero) is 1. The smallest absolute Gasteiger partial charge is 0.232 e. The van der Waals surface area contributed by atoms with Crippen LogP contribution in [0.15, 0.2) is 77.3 Å². The minimum Gasteiger partial charge on any atom is -0.357 e. The maximum atomic E-state index is 13.9. The quantitative estimate of drug-likeness (QED) is 0.453. The van der Waals surface area contributed by atoms with Crippen molar-refractivity contribution >= 4 is 46.0 Å². The molecule has 4 nitrogen and oxygen atoms in total. The molecular formula is C27H25ClN2O2S. The van der Waals surface area contributed by atoms with Gasteiger partial charge in [0, 0.05) is 27.6 Å². The minimum absolute atomic E-state index is 0.0589. The number of carbonyl (C=O) groups is 2. The summed E-state index contributed by atoms with van der Waals surface area (Å²) < 4.78 is 0. The molecule has 3 aromatic rings. The van der Waals surface area contributed by atoms with Crippen LogP contribution in [0.3, 0.4) is 0 Å². The Kier molecular flexibility index (Phi) is 5.63. The Hall–Kier alpha value is -2.89. The minimum atomic E-state index is -0.459. The highest BCUT2D eigenvalue weighted by molar-refractivity contribution is 7.10. The van der Waals surface area contributed by atoms with Crippen molar-refractivity contribution in [2.24, 2.45) is 5.41 Å². The summed E-state index contributed by atoms with van der Waals surface area (Å²) in [6.07, 6.45) is 1.43. The molecule has 1 N–H and O–H groups in total. The van der Waals surface area contributed by atoms with Crippen LogP contribution in [0.2, 0.25) is 5.02 Å². The van der Waals surface area contributed by atoms with Crippen molar-refractivity contribution in [3.8, 4) is 0 Å². The molecular weight excluding hydrogens is 452 g/mol. The van der Waals surface area contributed by atoms with Gasteiger partial charge < -0.3 is 5.32 Å². The molecule has 2 aliphatic rings. The number of rotatable bonds is 3. The summed E-state index contributed by atoms with van der Waals surface area (Å²) in [5, 5.41) is 6.18. The first-order valence-corrected chi connectivity index (χ1v) is 12.3. The average molecular weight is 477 g/mol. The molecule has 1 atom stereocenters. The lowest BCUT2D eigenvalue weighted by molar-refractivity contribution is -0.119. The Labute approximate surface area is 202 Å². The highest BCUT2D eigenvalue weighted by atomic mass is 35.5. The summed E-state index contributed by atoms with van der Waals surface area (Å²) in [6, 6.07) is 18.7. The van der Waals surface area contributed by atoms with Gasteiger partial charge in [0.05, 0.1) is 17.8 Å². The second-order valence-corrected chi connectivity index (χ2v) is 10.9. The number of carbonyl (C=O) groups excluding carboxylic acids is 2. The van der Waals surface area contributed by atoms with Crippen LogP contribution < -0.4 is 10.2 Å². The zero-order valence-electron chi connectivity index (χ0n) is 18.6. The highest BCUT2D eigenvalue weighted by Gasteiger charge is 2.43. The summed E-state index contributed by atoms with van der Waals surface area (Å²) in [4.78, 5) is 30.3. The Bertz CT molecular complexity index is 1250. The fourth-order valence-corrected chi connectivity index (χ4v) is 5.79. The van der Waals surface area contributed by atoms with Crippen molar-refractivity contribution < 1.29 is 9.59 Å². The summed E-state index contributed by atoms with van der Waals surface area (Å²) in [7, 11) is 0. The number of fused-ring (bicyclic) bond motifs is 1. The zero-order valence-corrected chi connectivity index (χ0v) is 20.2. The fraction of sp³-hybridized carbons (Fsp3) is 0.259. The van der Waals surface area contributed by atoms with E-state index in [1.54, 1.807) is 23.5 Å². The van der Waals surface area contributed by atoms with E-state index in [0.717, 1.165) is 33.9 Å². The van der Waals surface area contributed by atoms with Gasteiger partial charge in [-0.2, -0.15) is 0 Å². The number of hydrogen-bond acceptors (Lipinski definition) is 4. The van der Waals surface area contributed by atoms with Crippen LogP contribution in [0, 0.1) is 5.41 Å². The van der Waals surface area contributed by atoms with Gasteiger partial charge in [-0.15, -0.1) is 11.3 Å². The second kappa shape index (κ2) is 8.47. The Balaban J connectivity index is 1.68. The lowest BCUT2D eigenvalue weighted by Gasteiger charge is -2.36. The topological polar surface area (TPSA) is 49.4 Å². The molecule has 0 saturated carbocycles. The molecule has 168 valence electrons. The van der Waals surface area contributed by atoms with E-state index in [9.17, 15) is 9.59 Å². The number of hydrogen-bond donors (Lipinski definition) is 1. The van der Waals surface area contributed by atoms with Crippen molar-refractivity contribution in [2.45, 2.75) is 39.2 Å². The maximum absolute atomic E-state index is 13.9. The van der Waals surface area contributed by atoms with Crippen molar-refractivity contribution in [1.82, 2.24) is 0 Å². The normalized spacial score (nSPS) is 19.4. The molecule has 1 aromatic heterocycles. The third-order valence-electron chi connectivity index (χ3n) is 6.25.